The van der Waals surface area contributed by atoms with E-state index in [1.165, 1.54) is 0 Å². The molecule has 0 N–H and O–H groups in total. The summed E-state index contributed by atoms with van der Waals surface area (Å²) >= 11 is 3.31. The number of esters is 1. The number of carbonyl (C=O) groups excluding carboxylic acids is 1. The third-order valence-corrected chi connectivity index (χ3v) is 2.68. The Labute approximate surface area is 75.4 Å². The minimum atomic E-state index is -0.0112. The third-order valence-electron chi connectivity index (χ3n) is 2.04. The van der Waals surface area contributed by atoms with Crippen molar-refractivity contribution in [1.29, 1.82) is 0 Å². The smallest absolute Gasteiger partial charge is 0.313 e. The van der Waals surface area contributed by atoms with Crippen LogP contribution in [-0.2, 0) is 9.53 Å². The number of alkyl halides is 1. The van der Waals surface area contributed by atoms with Crippen molar-refractivity contribution in [3.8, 4) is 0 Å². The van der Waals surface area contributed by atoms with Gasteiger partial charge in [-0.05, 0) is 6.42 Å². The lowest BCUT2D eigenvalue weighted by atomic mass is 9.92. The zero-order valence-corrected chi connectivity index (χ0v) is 8.26. The summed E-state index contributed by atoms with van der Waals surface area (Å²) in [4.78, 5) is 10.9. The Hall–Kier alpha value is -0.0500. The van der Waals surface area contributed by atoms with E-state index in [4.69, 9.17) is 4.74 Å². The van der Waals surface area contributed by atoms with Crippen molar-refractivity contribution in [3.63, 3.8) is 0 Å². The van der Waals surface area contributed by atoms with Gasteiger partial charge in [0.1, 0.15) is 6.10 Å². The summed E-state index contributed by atoms with van der Waals surface area (Å²) in [5.74, 6) is 0.164. The van der Waals surface area contributed by atoms with Crippen LogP contribution in [0.15, 0.2) is 0 Å². The second kappa shape index (κ2) is 4.10. The van der Waals surface area contributed by atoms with Gasteiger partial charge in [0.05, 0.1) is 5.92 Å². The minimum absolute atomic E-state index is 0.0112. The van der Waals surface area contributed by atoms with Crippen LogP contribution in [0.2, 0.25) is 0 Å². The van der Waals surface area contributed by atoms with Gasteiger partial charge in [0, 0.05) is 5.33 Å². The van der Waals surface area contributed by atoms with E-state index in [9.17, 15) is 4.79 Å². The van der Waals surface area contributed by atoms with Gasteiger partial charge in [0.2, 0.25) is 0 Å². The molecule has 3 heteroatoms. The van der Waals surface area contributed by atoms with E-state index in [1.807, 2.05) is 0 Å². The molecule has 1 heterocycles. The summed E-state index contributed by atoms with van der Waals surface area (Å²) in [5, 5.41) is 0.785. The standard InChI is InChI=1S/C8H13BrO2/c1-2-3-4-6-7(5-9)11-8(6)10/h6-7H,2-5H2,1H3/t6-,7+/m1/s1. The quantitative estimate of drug-likeness (QED) is 0.536. The van der Waals surface area contributed by atoms with E-state index in [0.29, 0.717) is 0 Å². The second-order valence-corrected chi connectivity index (χ2v) is 3.53. The Morgan fingerprint density at radius 1 is 1.64 bits per heavy atom. The number of rotatable bonds is 4. The maximum absolute atomic E-state index is 10.9. The van der Waals surface area contributed by atoms with Crippen molar-refractivity contribution in [1.82, 2.24) is 0 Å². The van der Waals surface area contributed by atoms with Gasteiger partial charge in [-0.15, -0.1) is 0 Å². The summed E-state index contributed by atoms with van der Waals surface area (Å²) < 4.78 is 4.91. The van der Waals surface area contributed by atoms with Crippen LogP contribution >= 0.6 is 15.9 Å². The molecular weight excluding hydrogens is 208 g/mol. The van der Waals surface area contributed by atoms with Crippen LogP contribution in [0.4, 0.5) is 0 Å². The maximum atomic E-state index is 10.9. The fourth-order valence-corrected chi connectivity index (χ4v) is 1.85. The fourth-order valence-electron chi connectivity index (χ4n) is 1.26. The zero-order chi connectivity index (χ0) is 8.27. The van der Waals surface area contributed by atoms with Gasteiger partial charge in [0.25, 0.3) is 0 Å². The molecule has 0 aromatic rings. The first-order valence-corrected chi connectivity index (χ1v) is 5.18. The summed E-state index contributed by atoms with van der Waals surface area (Å²) in [5.41, 5.74) is 0. The number of hydrogen-bond donors (Lipinski definition) is 0. The molecule has 0 spiro atoms. The number of ether oxygens (including phenoxy) is 1. The van der Waals surface area contributed by atoms with Crippen LogP contribution in [0.25, 0.3) is 0 Å². The summed E-state index contributed by atoms with van der Waals surface area (Å²) in [6, 6.07) is 0. The molecule has 1 rings (SSSR count). The molecule has 0 aromatic heterocycles. The van der Waals surface area contributed by atoms with Crippen LogP contribution in [0.5, 0.6) is 0 Å². The topological polar surface area (TPSA) is 26.3 Å². The van der Waals surface area contributed by atoms with E-state index in [0.717, 1.165) is 24.6 Å². The molecule has 0 amide bonds. The molecule has 0 bridgehead atoms. The van der Waals surface area contributed by atoms with E-state index in [1.54, 1.807) is 0 Å². The molecule has 0 aromatic carbocycles. The number of cyclic esters (lactones) is 1. The summed E-state index contributed by atoms with van der Waals surface area (Å²) in [6.45, 7) is 2.13. The van der Waals surface area contributed by atoms with Gasteiger partial charge in [-0.1, -0.05) is 35.7 Å². The van der Waals surface area contributed by atoms with Crippen molar-refractivity contribution >= 4 is 21.9 Å². The monoisotopic (exact) mass is 220 g/mol. The van der Waals surface area contributed by atoms with Gasteiger partial charge in [-0.2, -0.15) is 0 Å². The molecular formula is C8H13BrO2. The van der Waals surface area contributed by atoms with Crippen molar-refractivity contribution in [2.24, 2.45) is 5.92 Å². The molecule has 2 nitrogen and oxygen atoms in total. The predicted octanol–water partition coefficient (Wildman–Crippen LogP) is 2.11. The zero-order valence-electron chi connectivity index (χ0n) is 6.68. The van der Waals surface area contributed by atoms with E-state index < -0.39 is 0 Å². The largest absolute Gasteiger partial charge is 0.460 e. The Bertz CT molecular complexity index is 147. The first-order valence-electron chi connectivity index (χ1n) is 4.06. The maximum Gasteiger partial charge on any atom is 0.313 e. The number of unbranched alkanes of at least 4 members (excludes halogenated alkanes) is 1. The number of halogens is 1. The van der Waals surface area contributed by atoms with E-state index >= 15 is 0 Å². The molecule has 64 valence electrons. The molecule has 1 aliphatic heterocycles. The SMILES string of the molecule is CCCC[C@H]1C(=O)O[C@H]1CBr. The molecule has 2 atom stereocenters. The van der Waals surface area contributed by atoms with E-state index in [2.05, 4.69) is 22.9 Å². The summed E-state index contributed by atoms with van der Waals surface area (Å²) in [6.07, 6.45) is 3.42. The normalized spacial score (nSPS) is 29.5. The highest BCUT2D eigenvalue weighted by atomic mass is 79.9. The molecule has 1 fully saturated rings. The summed E-state index contributed by atoms with van der Waals surface area (Å²) in [7, 11) is 0. The second-order valence-electron chi connectivity index (χ2n) is 2.88. The highest BCUT2D eigenvalue weighted by Crippen LogP contribution is 2.28. The van der Waals surface area contributed by atoms with Crippen LogP contribution in [0.1, 0.15) is 26.2 Å². The number of hydrogen-bond acceptors (Lipinski definition) is 2. The molecule has 0 radical (unpaired) electrons. The molecule has 1 saturated heterocycles. The van der Waals surface area contributed by atoms with Gasteiger partial charge in [0.15, 0.2) is 0 Å². The van der Waals surface area contributed by atoms with Gasteiger partial charge in [-0.3, -0.25) is 4.79 Å². The Balaban J connectivity index is 2.24. The molecule has 0 aliphatic carbocycles. The van der Waals surface area contributed by atoms with Gasteiger partial charge in [-0.25, -0.2) is 0 Å². The lowest BCUT2D eigenvalue weighted by Crippen LogP contribution is -2.46. The average molecular weight is 221 g/mol. The minimum Gasteiger partial charge on any atom is -0.460 e. The van der Waals surface area contributed by atoms with Crippen molar-refractivity contribution in [3.05, 3.63) is 0 Å². The molecule has 0 unspecified atom stereocenters. The molecule has 11 heavy (non-hydrogen) atoms. The lowest BCUT2D eigenvalue weighted by Gasteiger charge is -2.33. The molecule has 1 aliphatic rings. The van der Waals surface area contributed by atoms with Crippen LogP contribution < -0.4 is 0 Å². The Morgan fingerprint density at radius 2 is 2.36 bits per heavy atom. The van der Waals surface area contributed by atoms with Crippen molar-refractivity contribution in [2.75, 3.05) is 5.33 Å². The number of carbonyl (C=O) groups is 1. The lowest BCUT2D eigenvalue weighted by molar-refractivity contribution is -0.181. The Morgan fingerprint density at radius 3 is 2.82 bits per heavy atom. The average Bonchev–Trinajstić information content (AvgIpc) is 2.00. The first kappa shape index (κ1) is 9.04. The van der Waals surface area contributed by atoms with E-state index in [-0.39, 0.29) is 18.0 Å². The molecule has 0 saturated carbocycles. The van der Waals surface area contributed by atoms with Crippen LogP contribution in [0.3, 0.4) is 0 Å². The predicted molar refractivity (Wildman–Crippen MR) is 46.7 cm³/mol. The Kier molecular flexibility index (Phi) is 3.37. The van der Waals surface area contributed by atoms with Crippen molar-refractivity contribution < 1.29 is 9.53 Å². The fraction of sp³-hybridized carbons (Fsp3) is 0.875. The van der Waals surface area contributed by atoms with Crippen LogP contribution in [0, 0.1) is 5.92 Å². The third kappa shape index (κ3) is 1.95. The highest BCUT2D eigenvalue weighted by molar-refractivity contribution is 9.09. The highest BCUT2D eigenvalue weighted by Gasteiger charge is 2.40. The van der Waals surface area contributed by atoms with Crippen LogP contribution in [-0.4, -0.2) is 17.4 Å². The van der Waals surface area contributed by atoms with Crippen molar-refractivity contribution in [2.45, 2.75) is 32.3 Å². The van der Waals surface area contributed by atoms with Gasteiger partial charge < -0.3 is 4.74 Å². The van der Waals surface area contributed by atoms with Gasteiger partial charge >= 0.3 is 5.97 Å². The first-order chi connectivity index (χ1) is 5.29.